The molecule has 0 amide bonds. The zero-order valence-electron chi connectivity index (χ0n) is 9.92. The monoisotopic (exact) mass is 204 g/mol. The molecule has 1 nitrogen and oxygen atoms in total. The smallest absolute Gasteiger partial charge is 0.122 e. The van der Waals surface area contributed by atoms with Crippen molar-refractivity contribution in [1.29, 1.82) is 0 Å². The van der Waals surface area contributed by atoms with Gasteiger partial charge in [-0.1, -0.05) is 26.0 Å². The molecule has 0 radical (unpaired) electrons. The summed E-state index contributed by atoms with van der Waals surface area (Å²) in [6.07, 6.45) is 4.26. The third-order valence-corrected chi connectivity index (χ3v) is 3.21. The van der Waals surface area contributed by atoms with Crippen LogP contribution in [-0.4, -0.2) is 6.10 Å². The van der Waals surface area contributed by atoms with Crippen molar-refractivity contribution in [3.63, 3.8) is 0 Å². The zero-order chi connectivity index (χ0) is 10.8. The van der Waals surface area contributed by atoms with Gasteiger partial charge in [-0.2, -0.15) is 0 Å². The summed E-state index contributed by atoms with van der Waals surface area (Å²) in [7, 11) is 0. The molecule has 0 N–H and O–H groups in total. The Morgan fingerprint density at radius 1 is 1.27 bits per heavy atom. The van der Waals surface area contributed by atoms with Crippen LogP contribution in [0.5, 0.6) is 5.75 Å². The van der Waals surface area contributed by atoms with Gasteiger partial charge in [0.15, 0.2) is 0 Å². The number of aryl methyl sites for hydroxylation is 1. The van der Waals surface area contributed by atoms with E-state index in [0.717, 1.165) is 5.75 Å². The molecule has 0 unspecified atom stereocenters. The molecular weight excluding hydrogens is 184 g/mol. The second-order valence-corrected chi connectivity index (χ2v) is 4.85. The van der Waals surface area contributed by atoms with E-state index in [0.29, 0.717) is 12.0 Å². The Morgan fingerprint density at radius 3 is 2.47 bits per heavy atom. The van der Waals surface area contributed by atoms with E-state index in [1.165, 1.54) is 30.4 Å². The largest absolute Gasteiger partial charge is 0.490 e. The van der Waals surface area contributed by atoms with E-state index in [4.69, 9.17) is 4.74 Å². The lowest BCUT2D eigenvalue weighted by atomic mass is 9.96. The second kappa shape index (κ2) is 4.26. The first kappa shape index (κ1) is 10.5. The summed E-state index contributed by atoms with van der Waals surface area (Å²) < 4.78 is 5.92. The SMILES string of the molecule is Cc1cc(C(C)C)ccc1OC1CCC1. The van der Waals surface area contributed by atoms with E-state index in [9.17, 15) is 0 Å². The fraction of sp³-hybridized carbons (Fsp3) is 0.571. The number of hydrogen-bond acceptors (Lipinski definition) is 1. The molecule has 0 aromatic heterocycles. The molecule has 0 bridgehead atoms. The fourth-order valence-corrected chi connectivity index (χ4v) is 1.83. The van der Waals surface area contributed by atoms with Crippen molar-refractivity contribution in [3.05, 3.63) is 29.3 Å². The Labute approximate surface area is 92.5 Å². The third kappa shape index (κ3) is 2.34. The van der Waals surface area contributed by atoms with Crippen LogP contribution in [0.2, 0.25) is 0 Å². The standard InChI is InChI=1S/C14H20O/c1-10(2)12-7-8-14(11(3)9-12)15-13-5-4-6-13/h7-10,13H,4-6H2,1-3H3. The van der Waals surface area contributed by atoms with E-state index in [2.05, 4.69) is 39.0 Å². The van der Waals surface area contributed by atoms with Gasteiger partial charge in [-0.15, -0.1) is 0 Å². The molecule has 0 spiro atoms. The summed E-state index contributed by atoms with van der Waals surface area (Å²) in [4.78, 5) is 0. The van der Waals surface area contributed by atoms with Crippen LogP contribution in [0.25, 0.3) is 0 Å². The molecule has 2 rings (SSSR count). The Morgan fingerprint density at radius 2 is 2.00 bits per heavy atom. The van der Waals surface area contributed by atoms with E-state index in [-0.39, 0.29) is 0 Å². The Kier molecular flexibility index (Phi) is 2.99. The van der Waals surface area contributed by atoms with Gasteiger partial charge in [0.25, 0.3) is 0 Å². The Balaban J connectivity index is 2.11. The molecule has 0 aliphatic heterocycles. The van der Waals surface area contributed by atoms with Crippen LogP contribution in [-0.2, 0) is 0 Å². The van der Waals surface area contributed by atoms with Gasteiger partial charge in [0, 0.05) is 0 Å². The minimum absolute atomic E-state index is 0.480. The van der Waals surface area contributed by atoms with Crippen LogP contribution >= 0.6 is 0 Å². The highest BCUT2D eigenvalue weighted by atomic mass is 16.5. The molecule has 1 fully saturated rings. The van der Waals surface area contributed by atoms with Crippen LogP contribution in [0.1, 0.15) is 50.2 Å². The van der Waals surface area contributed by atoms with Gasteiger partial charge in [-0.05, 0) is 49.3 Å². The third-order valence-electron chi connectivity index (χ3n) is 3.21. The minimum Gasteiger partial charge on any atom is -0.490 e. The zero-order valence-corrected chi connectivity index (χ0v) is 9.92. The molecule has 0 heterocycles. The average Bonchev–Trinajstić information content (AvgIpc) is 2.12. The van der Waals surface area contributed by atoms with Gasteiger partial charge < -0.3 is 4.74 Å². The predicted octanol–water partition coefficient (Wildman–Crippen LogP) is 4.05. The van der Waals surface area contributed by atoms with E-state index < -0.39 is 0 Å². The highest BCUT2D eigenvalue weighted by molar-refractivity contribution is 5.37. The van der Waals surface area contributed by atoms with Crippen LogP contribution < -0.4 is 4.74 Å². The van der Waals surface area contributed by atoms with E-state index in [1.807, 2.05) is 0 Å². The highest BCUT2D eigenvalue weighted by Gasteiger charge is 2.19. The molecule has 15 heavy (non-hydrogen) atoms. The number of ether oxygens (including phenoxy) is 1. The first-order valence-corrected chi connectivity index (χ1v) is 5.94. The highest BCUT2D eigenvalue weighted by Crippen LogP contribution is 2.29. The first-order chi connectivity index (χ1) is 7.16. The van der Waals surface area contributed by atoms with Crippen molar-refractivity contribution >= 4 is 0 Å². The molecule has 0 atom stereocenters. The summed E-state index contributed by atoms with van der Waals surface area (Å²) in [5.41, 5.74) is 2.67. The molecule has 1 saturated carbocycles. The first-order valence-electron chi connectivity index (χ1n) is 5.94. The lowest BCUT2D eigenvalue weighted by Gasteiger charge is -2.27. The Bertz CT molecular complexity index is 337. The van der Waals surface area contributed by atoms with Crippen molar-refractivity contribution in [2.75, 3.05) is 0 Å². The average molecular weight is 204 g/mol. The molecule has 1 aromatic carbocycles. The molecule has 1 aliphatic carbocycles. The number of hydrogen-bond donors (Lipinski definition) is 0. The summed E-state index contributed by atoms with van der Waals surface area (Å²) >= 11 is 0. The lowest BCUT2D eigenvalue weighted by molar-refractivity contribution is 0.119. The summed E-state index contributed by atoms with van der Waals surface area (Å²) in [6, 6.07) is 6.56. The van der Waals surface area contributed by atoms with Crippen LogP contribution in [0, 0.1) is 6.92 Å². The van der Waals surface area contributed by atoms with Gasteiger partial charge in [-0.3, -0.25) is 0 Å². The van der Waals surface area contributed by atoms with Gasteiger partial charge in [0.05, 0.1) is 6.10 Å². The normalized spacial score (nSPS) is 16.5. The van der Waals surface area contributed by atoms with E-state index >= 15 is 0 Å². The van der Waals surface area contributed by atoms with Crippen molar-refractivity contribution < 1.29 is 4.74 Å². The molecule has 1 aliphatic rings. The molecule has 82 valence electrons. The second-order valence-electron chi connectivity index (χ2n) is 4.85. The molecule has 0 saturated heterocycles. The summed E-state index contributed by atoms with van der Waals surface area (Å²) in [5, 5.41) is 0. The topological polar surface area (TPSA) is 9.23 Å². The Hall–Kier alpha value is -0.980. The lowest BCUT2D eigenvalue weighted by Crippen LogP contribution is -2.24. The fourth-order valence-electron chi connectivity index (χ4n) is 1.83. The maximum atomic E-state index is 5.92. The van der Waals surface area contributed by atoms with Crippen molar-refractivity contribution in [2.24, 2.45) is 0 Å². The van der Waals surface area contributed by atoms with Crippen LogP contribution in [0.3, 0.4) is 0 Å². The van der Waals surface area contributed by atoms with Gasteiger partial charge in [-0.25, -0.2) is 0 Å². The summed E-state index contributed by atoms with van der Waals surface area (Å²) in [5.74, 6) is 1.67. The maximum absolute atomic E-state index is 5.92. The molecule has 1 heteroatoms. The van der Waals surface area contributed by atoms with Gasteiger partial charge in [0.1, 0.15) is 5.75 Å². The summed E-state index contributed by atoms with van der Waals surface area (Å²) in [6.45, 7) is 6.59. The van der Waals surface area contributed by atoms with Gasteiger partial charge in [0.2, 0.25) is 0 Å². The van der Waals surface area contributed by atoms with E-state index in [1.54, 1.807) is 0 Å². The van der Waals surface area contributed by atoms with Gasteiger partial charge >= 0.3 is 0 Å². The van der Waals surface area contributed by atoms with Crippen molar-refractivity contribution in [3.8, 4) is 5.75 Å². The molecule has 1 aromatic rings. The maximum Gasteiger partial charge on any atom is 0.122 e. The predicted molar refractivity (Wildman–Crippen MR) is 63.5 cm³/mol. The minimum atomic E-state index is 0.480. The quantitative estimate of drug-likeness (QED) is 0.721. The van der Waals surface area contributed by atoms with Crippen LogP contribution in [0.4, 0.5) is 0 Å². The number of benzene rings is 1. The van der Waals surface area contributed by atoms with Crippen molar-refractivity contribution in [1.82, 2.24) is 0 Å². The van der Waals surface area contributed by atoms with Crippen molar-refractivity contribution in [2.45, 2.75) is 52.1 Å². The number of rotatable bonds is 3. The van der Waals surface area contributed by atoms with Crippen LogP contribution in [0.15, 0.2) is 18.2 Å². The molecular formula is C14H20O.